The molecule has 0 spiro atoms. The fourth-order valence-electron chi connectivity index (χ4n) is 16.2. The number of hydrogen-bond donors (Lipinski definition) is 5. The zero-order valence-corrected chi connectivity index (χ0v) is 56.9. The van der Waals surface area contributed by atoms with Gasteiger partial charge in [0.25, 0.3) is 40.5 Å². The lowest BCUT2D eigenvalue weighted by molar-refractivity contribution is -0.836. The first-order valence-corrected chi connectivity index (χ1v) is 37.2. The molecular formula is C53H70N17O24S4+. The van der Waals surface area contributed by atoms with Gasteiger partial charge in [0.05, 0.1) is 47.3 Å². The first-order valence-electron chi connectivity index (χ1n) is 30.7. The van der Waals surface area contributed by atoms with E-state index in [0.29, 0.717) is 0 Å². The highest BCUT2D eigenvalue weighted by Crippen LogP contribution is 2.59. The number of carbonyl (C=O) groups is 8. The summed E-state index contributed by atoms with van der Waals surface area (Å²) in [5.41, 5.74) is -6.24. The molecule has 11 saturated heterocycles. The zero-order valence-electron chi connectivity index (χ0n) is 53.6. The number of ether oxygens (including phenoxy) is 4. The van der Waals surface area contributed by atoms with E-state index in [1.54, 1.807) is 27.7 Å². The summed E-state index contributed by atoms with van der Waals surface area (Å²) < 4.78 is 156. The highest BCUT2D eigenvalue weighted by atomic mass is 32.2. The van der Waals surface area contributed by atoms with Crippen LogP contribution in [0.2, 0.25) is 0 Å². The molecule has 41 nitrogen and oxygen atoms in total. The van der Waals surface area contributed by atoms with Crippen molar-refractivity contribution < 1.29 is 114 Å². The van der Waals surface area contributed by atoms with E-state index < -0.39 is 225 Å². The Morgan fingerprint density at radius 1 is 0.337 bits per heavy atom. The van der Waals surface area contributed by atoms with Crippen molar-refractivity contribution in [3.63, 3.8) is 0 Å². The Morgan fingerprint density at radius 2 is 0.510 bits per heavy atom. The van der Waals surface area contributed by atoms with Gasteiger partial charge in [-0.2, -0.15) is 33.7 Å². The first kappa shape index (κ1) is 66.6. The van der Waals surface area contributed by atoms with Crippen LogP contribution < -0.4 is 23.8 Å². The van der Waals surface area contributed by atoms with Crippen molar-refractivity contribution >= 4 is 88.7 Å². The summed E-state index contributed by atoms with van der Waals surface area (Å²) in [6, 6.07) is -0.702. The third-order valence-corrected chi connectivity index (χ3v) is 23.8. The van der Waals surface area contributed by atoms with Gasteiger partial charge in [-0.15, -0.1) is 0 Å². The van der Waals surface area contributed by atoms with Crippen LogP contribution in [-0.2, 0) is 66.7 Å². The average molecular weight is 1460 g/mol. The molecule has 0 atom stereocenters. The number of quaternary nitrogens is 1. The van der Waals surface area contributed by atoms with Crippen molar-refractivity contribution in [1.29, 1.82) is 0 Å². The molecule has 534 valence electrons. The number of fused-ring (bicyclic) bond motifs is 2. The van der Waals surface area contributed by atoms with Gasteiger partial charge in [-0.1, -0.05) is 0 Å². The molecule has 11 fully saturated rings. The van der Waals surface area contributed by atoms with Crippen LogP contribution >= 0.6 is 0 Å². The minimum absolute atomic E-state index is 0.00665. The van der Waals surface area contributed by atoms with Crippen molar-refractivity contribution in [3.8, 4) is 23.0 Å². The molecule has 2 aromatic carbocycles. The zero-order chi connectivity index (χ0) is 70.7. The third-order valence-electron chi connectivity index (χ3n) is 21.0. The number of carbonyl (C=O) groups excluding carboxylic acids is 8. The van der Waals surface area contributed by atoms with E-state index in [-0.39, 0.29) is 71.4 Å². The monoisotopic (exact) mass is 1460 g/mol. The largest absolute Gasteiger partial charge is 0.492 e. The maximum Gasteiger partial charge on any atom is 0.326 e. The minimum atomic E-state index is -4.54. The van der Waals surface area contributed by atoms with Crippen molar-refractivity contribution in [1.82, 2.24) is 78.4 Å². The number of nitrogens with one attached hydrogen (secondary N) is 1. The molecule has 98 heavy (non-hydrogen) atoms. The van der Waals surface area contributed by atoms with Gasteiger partial charge in [-0.3, -0.25) is 96.6 Å². The van der Waals surface area contributed by atoms with Crippen LogP contribution in [0.25, 0.3) is 0 Å². The lowest BCUT2D eigenvalue weighted by Gasteiger charge is -2.49. The first-order chi connectivity index (χ1) is 45.7. The van der Waals surface area contributed by atoms with Gasteiger partial charge < -0.3 is 23.8 Å². The highest BCUT2D eigenvalue weighted by Gasteiger charge is 2.80. The van der Waals surface area contributed by atoms with E-state index in [9.17, 15) is 51.9 Å². The smallest absolute Gasteiger partial charge is 0.326 e. The molecule has 0 saturated carbocycles. The Balaban J connectivity index is 0.00000200. The van der Waals surface area contributed by atoms with Crippen LogP contribution in [0.4, 0.5) is 38.4 Å². The van der Waals surface area contributed by atoms with E-state index in [4.69, 9.17) is 18.9 Å². The summed E-state index contributed by atoms with van der Waals surface area (Å²) in [5.74, 6) is -3.40. The summed E-state index contributed by atoms with van der Waals surface area (Å²) >= 11 is 0. The van der Waals surface area contributed by atoms with Crippen molar-refractivity contribution in [2.75, 3.05) is 111 Å². The molecule has 15 rings (SSSR count). The lowest BCUT2D eigenvalue weighted by atomic mass is 9.95. The molecule has 45 heteroatoms. The van der Waals surface area contributed by atoms with Crippen molar-refractivity contribution in [2.24, 2.45) is 0 Å². The van der Waals surface area contributed by atoms with E-state index in [1.807, 2.05) is 0 Å². The SMILES string of the molecule is CC12N3Cc4c(OCCS(=O)(=O)O)ccc(OCCS(=O)(=O)O)c4CN1C(=O)N1CN4C(=O)N5CN6C(=O)N7CN8C(=O)N9Cc%10c(OCCS(=O)(=O)O)ccc(OCCS(=O)(=O)O)c%10CN%10C(=O)N(CN%11C(=O)N(CN%12C(=O)N(CN(C3=O)C12C)C4C%125)C6C%117)C8(C)C%109C.C[NH+](C)C. The lowest BCUT2D eigenvalue weighted by Crippen LogP contribution is -3.02. The second-order valence-corrected chi connectivity index (χ2v) is 33.0. The second kappa shape index (κ2) is 21.7. The summed E-state index contributed by atoms with van der Waals surface area (Å²) in [5, 5.41) is 0. The number of amides is 16. The molecule has 16 amide bonds. The minimum Gasteiger partial charge on any atom is -0.492 e. The Morgan fingerprint density at radius 3 is 0.694 bits per heavy atom. The highest BCUT2D eigenvalue weighted by molar-refractivity contribution is 7.86. The number of rotatable bonds is 16. The number of hydrogen-bond acceptors (Lipinski definition) is 20. The second-order valence-electron chi connectivity index (χ2n) is 26.7. The topological polar surface area (TPSA) is 447 Å². The van der Waals surface area contributed by atoms with Crippen LogP contribution in [0.5, 0.6) is 23.0 Å². The van der Waals surface area contributed by atoms with Gasteiger partial charge in [-0.05, 0) is 52.0 Å². The normalized spacial score (nSPS) is 29.5. The molecular weight excluding hydrogens is 1390 g/mol. The Labute approximate surface area is 560 Å². The number of nitrogens with zero attached hydrogens (tertiary/aromatic N) is 16. The summed E-state index contributed by atoms with van der Waals surface area (Å²) in [7, 11) is -11.9. The molecule has 0 aliphatic carbocycles. The molecule has 0 aromatic heterocycles. The fourth-order valence-corrected chi connectivity index (χ4v) is 17.4. The van der Waals surface area contributed by atoms with Crippen molar-refractivity contribution in [3.05, 3.63) is 46.5 Å². The summed E-state index contributed by atoms with van der Waals surface area (Å²) in [4.78, 5) is 146. The van der Waals surface area contributed by atoms with E-state index in [1.165, 1.54) is 108 Å². The molecule has 13 aliphatic heterocycles. The molecule has 0 unspecified atom stereocenters. The van der Waals surface area contributed by atoms with Crippen LogP contribution in [0.15, 0.2) is 24.3 Å². The fraction of sp³-hybridized carbons (Fsp3) is 0.623. The van der Waals surface area contributed by atoms with E-state index >= 15 is 38.4 Å². The summed E-state index contributed by atoms with van der Waals surface area (Å²) in [6.45, 7) is -1.08. The van der Waals surface area contributed by atoms with Gasteiger partial charge in [0, 0.05) is 22.3 Å². The summed E-state index contributed by atoms with van der Waals surface area (Å²) in [6.07, 6.45) is -5.28. The van der Waals surface area contributed by atoms with Gasteiger partial charge in [0.15, 0.2) is 47.3 Å². The Hall–Kier alpha value is -8.60. The quantitative estimate of drug-likeness (QED) is 0.105. The van der Waals surface area contributed by atoms with Gasteiger partial charge in [0.1, 0.15) is 112 Å². The molecule has 13 aliphatic rings. The maximum atomic E-state index is 15.5. The van der Waals surface area contributed by atoms with Gasteiger partial charge in [0.2, 0.25) is 0 Å². The van der Waals surface area contributed by atoms with Crippen molar-refractivity contribution in [2.45, 2.75) is 101 Å². The molecule has 2 aromatic rings. The maximum absolute atomic E-state index is 15.5. The third kappa shape index (κ3) is 9.40. The molecule has 0 radical (unpaired) electrons. The standard InChI is InChI=1S/C50H60N16O24S4.C3H9N/c1-47-49(3)63-23-55-37-35-51(39(55)67)21-53-36-38-57(41(53)69)25-65-45(73)61-19-29-30(34(90-12-16-94(84,85)86)8-7-33(29)89-11-15-93(81,82)83)20-62-46(74)66(50(65,4)48(61,62)2)26-58(38)42(70)54(36)22-52(35)40(68)56(37)24-64(49)44(72)60(47)18-28-27(17-59(47)43(63)71)31(87-9-13-91(75,76)77)5-6-32(28)88-10-14-92(78,79)80;1-4(2)3/h5-8,35-38H,9-26H2,1-4H3,(H,75,76,77)(H,78,79,80)(H,81,82,83)(H,84,85,86);1-3H3/p+1. The van der Waals surface area contributed by atoms with Crippen LogP contribution in [0.1, 0.15) is 49.9 Å². The van der Waals surface area contributed by atoms with Crippen LogP contribution in [0, 0.1) is 0 Å². The predicted octanol–water partition coefficient (Wildman–Crippen LogP) is -2.90. The predicted molar refractivity (Wildman–Crippen MR) is 325 cm³/mol. The van der Waals surface area contributed by atoms with E-state index in [2.05, 4.69) is 21.1 Å². The average Bonchev–Trinajstić information content (AvgIpc) is 1.50. The Bertz CT molecular complexity index is 3860. The van der Waals surface area contributed by atoms with Crippen LogP contribution in [0.3, 0.4) is 0 Å². The van der Waals surface area contributed by atoms with Gasteiger partial charge >= 0.3 is 48.2 Å². The van der Waals surface area contributed by atoms with E-state index in [0.717, 1.165) is 0 Å². The molecule has 0 bridgehead atoms. The number of benzene rings is 2. The molecule has 13 heterocycles. The molecule has 5 N–H and O–H groups in total. The Kier molecular flexibility index (Phi) is 14.8. The van der Waals surface area contributed by atoms with Gasteiger partial charge in [-0.25, -0.2) is 38.4 Å². The van der Waals surface area contributed by atoms with Crippen LogP contribution in [-0.4, -0.2) is 336 Å². The number of urea groups is 8.